The first-order valence-corrected chi connectivity index (χ1v) is 7.34. The standard InChI is InChI=1S/C16H15NO2S/c1-19-16(18)10-15-11-6-2-3-7-12(11)17-13-8-4-5-9-14(13)20-15/h2-9,15,17H,10H2,1H3. The van der Waals surface area contributed by atoms with E-state index in [1.807, 2.05) is 30.3 Å². The number of hydrogen-bond donors (Lipinski definition) is 1. The average molecular weight is 285 g/mol. The summed E-state index contributed by atoms with van der Waals surface area (Å²) in [6, 6.07) is 16.3. The molecule has 0 amide bonds. The van der Waals surface area contributed by atoms with Crippen molar-refractivity contribution in [3.63, 3.8) is 0 Å². The molecule has 3 rings (SSSR count). The minimum absolute atomic E-state index is 0.0646. The second-order valence-corrected chi connectivity index (χ2v) is 5.84. The van der Waals surface area contributed by atoms with Crippen LogP contribution in [0.1, 0.15) is 17.2 Å². The van der Waals surface area contributed by atoms with Crippen LogP contribution >= 0.6 is 11.8 Å². The lowest BCUT2D eigenvalue weighted by atomic mass is 10.1. The van der Waals surface area contributed by atoms with E-state index in [0.717, 1.165) is 21.8 Å². The summed E-state index contributed by atoms with van der Waals surface area (Å²) < 4.78 is 4.82. The van der Waals surface area contributed by atoms with Gasteiger partial charge in [-0.2, -0.15) is 0 Å². The smallest absolute Gasteiger partial charge is 0.306 e. The zero-order valence-corrected chi connectivity index (χ0v) is 11.9. The maximum absolute atomic E-state index is 11.7. The highest BCUT2D eigenvalue weighted by Crippen LogP contribution is 2.47. The van der Waals surface area contributed by atoms with E-state index in [2.05, 4.69) is 23.5 Å². The van der Waals surface area contributed by atoms with Gasteiger partial charge in [0.25, 0.3) is 0 Å². The molecular weight excluding hydrogens is 270 g/mol. The van der Waals surface area contributed by atoms with Crippen LogP contribution in [0.2, 0.25) is 0 Å². The van der Waals surface area contributed by atoms with E-state index in [1.54, 1.807) is 11.8 Å². The molecule has 1 unspecified atom stereocenters. The molecule has 1 aliphatic rings. The zero-order chi connectivity index (χ0) is 13.9. The van der Waals surface area contributed by atoms with Crippen molar-refractivity contribution < 1.29 is 9.53 Å². The van der Waals surface area contributed by atoms with Crippen LogP contribution in [0.5, 0.6) is 0 Å². The Morgan fingerprint density at radius 1 is 1.15 bits per heavy atom. The van der Waals surface area contributed by atoms with Gasteiger partial charge in [0, 0.05) is 15.8 Å². The third kappa shape index (κ3) is 2.51. The zero-order valence-electron chi connectivity index (χ0n) is 11.1. The second kappa shape index (κ2) is 5.59. The predicted octanol–water partition coefficient (Wildman–Crippen LogP) is 4.14. The number of carbonyl (C=O) groups is 1. The van der Waals surface area contributed by atoms with E-state index in [-0.39, 0.29) is 11.2 Å². The van der Waals surface area contributed by atoms with Crippen molar-refractivity contribution in [3.05, 3.63) is 54.1 Å². The number of esters is 1. The molecule has 0 fully saturated rings. The van der Waals surface area contributed by atoms with Crippen molar-refractivity contribution in [3.8, 4) is 0 Å². The summed E-state index contributed by atoms with van der Waals surface area (Å²) in [5, 5.41) is 3.52. The van der Waals surface area contributed by atoms with Crippen LogP contribution in [-0.2, 0) is 9.53 Å². The van der Waals surface area contributed by atoms with E-state index >= 15 is 0 Å². The number of thioether (sulfide) groups is 1. The highest BCUT2D eigenvalue weighted by atomic mass is 32.2. The van der Waals surface area contributed by atoms with Gasteiger partial charge < -0.3 is 10.1 Å². The molecule has 1 heterocycles. The maximum atomic E-state index is 11.7. The lowest BCUT2D eigenvalue weighted by Gasteiger charge is -2.15. The summed E-state index contributed by atoms with van der Waals surface area (Å²) in [5.41, 5.74) is 3.27. The van der Waals surface area contributed by atoms with Crippen LogP contribution in [0, 0.1) is 0 Å². The molecule has 1 N–H and O–H groups in total. The van der Waals surface area contributed by atoms with Crippen LogP contribution in [0.25, 0.3) is 0 Å². The number of para-hydroxylation sites is 2. The lowest BCUT2D eigenvalue weighted by Crippen LogP contribution is -2.06. The summed E-state index contributed by atoms with van der Waals surface area (Å²) in [6.45, 7) is 0. The Labute approximate surface area is 122 Å². The van der Waals surface area contributed by atoms with Crippen LogP contribution in [0.4, 0.5) is 11.4 Å². The number of carbonyl (C=O) groups excluding carboxylic acids is 1. The van der Waals surface area contributed by atoms with Gasteiger partial charge in [0.15, 0.2) is 0 Å². The first kappa shape index (κ1) is 13.1. The molecule has 2 aromatic rings. The number of fused-ring (bicyclic) bond motifs is 2. The molecule has 0 bridgehead atoms. The van der Waals surface area contributed by atoms with Crippen molar-refractivity contribution in [2.75, 3.05) is 12.4 Å². The number of methoxy groups -OCH3 is 1. The Morgan fingerprint density at radius 3 is 2.65 bits per heavy atom. The number of benzene rings is 2. The van der Waals surface area contributed by atoms with Gasteiger partial charge in [0.05, 0.1) is 19.2 Å². The molecular formula is C16H15NO2S. The van der Waals surface area contributed by atoms with Gasteiger partial charge in [0.1, 0.15) is 0 Å². The quantitative estimate of drug-likeness (QED) is 0.842. The largest absolute Gasteiger partial charge is 0.469 e. The van der Waals surface area contributed by atoms with Crippen LogP contribution in [0.15, 0.2) is 53.4 Å². The topological polar surface area (TPSA) is 38.3 Å². The van der Waals surface area contributed by atoms with Crippen LogP contribution in [0.3, 0.4) is 0 Å². The molecule has 1 atom stereocenters. The summed E-state index contributed by atoms with van der Waals surface area (Å²) >= 11 is 1.70. The van der Waals surface area contributed by atoms with E-state index < -0.39 is 0 Å². The number of ether oxygens (including phenoxy) is 1. The lowest BCUT2D eigenvalue weighted by molar-refractivity contribution is -0.140. The number of rotatable bonds is 2. The molecule has 0 aliphatic carbocycles. The van der Waals surface area contributed by atoms with Crippen molar-refractivity contribution in [1.29, 1.82) is 0 Å². The minimum atomic E-state index is -0.184. The van der Waals surface area contributed by atoms with E-state index in [4.69, 9.17) is 4.74 Å². The fraction of sp³-hybridized carbons (Fsp3) is 0.188. The van der Waals surface area contributed by atoms with Gasteiger partial charge in [-0.05, 0) is 23.8 Å². The van der Waals surface area contributed by atoms with Crippen LogP contribution < -0.4 is 5.32 Å². The Balaban J connectivity index is 2.03. The van der Waals surface area contributed by atoms with E-state index in [9.17, 15) is 4.79 Å². The Kier molecular flexibility index (Phi) is 3.65. The fourth-order valence-corrected chi connectivity index (χ4v) is 3.57. The van der Waals surface area contributed by atoms with Gasteiger partial charge in [-0.25, -0.2) is 0 Å². The predicted molar refractivity (Wildman–Crippen MR) is 81.4 cm³/mol. The Morgan fingerprint density at radius 2 is 1.85 bits per heavy atom. The highest BCUT2D eigenvalue weighted by molar-refractivity contribution is 7.99. The Bertz CT molecular complexity index is 642. The molecule has 4 heteroatoms. The summed E-state index contributed by atoms with van der Waals surface area (Å²) in [7, 11) is 1.43. The molecule has 102 valence electrons. The summed E-state index contributed by atoms with van der Waals surface area (Å²) in [6.07, 6.45) is 0.369. The van der Waals surface area contributed by atoms with Crippen molar-refractivity contribution in [1.82, 2.24) is 0 Å². The van der Waals surface area contributed by atoms with E-state index in [0.29, 0.717) is 6.42 Å². The maximum Gasteiger partial charge on any atom is 0.306 e. The molecule has 20 heavy (non-hydrogen) atoms. The van der Waals surface area contributed by atoms with Gasteiger partial charge in [-0.3, -0.25) is 4.79 Å². The van der Waals surface area contributed by atoms with Gasteiger partial charge in [0.2, 0.25) is 0 Å². The highest BCUT2D eigenvalue weighted by Gasteiger charge is 2.24. The van der Waals surface area contributed by atoms with Crippen molar-refractivity contribution in [2.45, 2.75) is 16.6 Å². The second-order valence-electron chi connectivity index (χ2n) is 4.60. The third-order valence-electron chi connectivity index (χ3n) is 3.31. The molecule has 0 saturated heterocycles. The fourth-order valence-electron chi connectivity index (χ4n) is 2.31. The SMILES string of the molecule is COC(=O)CC1Sc2ccccc2Nc2ccccc21. The van der Waals surface area contributed by atoms with Gasteiger partial charge >= 0.3 is 5.97 Å². The molecule has 2 aromatic carbocycles. The number of hydrogen-bond acceptors (Lipinski definition) is 4. The van der Waals surface area contributed by atoms with Crippen molar-refractivity contribution in [2.24, 2.45) is 0 Å². The molecule has 0 aromatic heterocycles. The third-order valence-corrected chi connectivity index (χ3v) is 4.63. The molecule has 0 spiro atoms. The first-order chi connectivity index (χ1) is 9.78. The molecule has 1 aliphatic heterocycles. The number of nitrogens with one attached hydrogen (secondary N) is 1. The Hall–Kier alpha value is -1.94. The normalized spacial score (nSPS) is 16.4. The first-order valence-electron chi connectivity index (χ1n) is 6.46. The molecule has 0 radical (unpaired) electrons. The summed E-state index contributed by atoms with van der Waals surface area (Å²) in [4.78, 5) is 12.8. The van der Waals surface area contributed by atoms with Gasteiger partial charge in [-0.1, -0.05) is 30.3 Å². The van der Waals surface area contributed by atoms with E-state index in [1.165, 1.54) is 7.11 Å². The monoisotopic (exact) mass is 285 g/mol. The summed E-state index contributed by atoms with van der Waals surface area (Å²) in [5.74, 6) is -0.184. The number of anilines is 2. The van der Waals surface area contributed by atoms with Gasteiger partial charge in [-0.15, -0.1) is 11.8 Å². The van der Waals surface area contributed by atoms with Crippen LogP contribution in [-0.4, -0.2) is 13.1 Å². The average Bonchev–Trinajstić information content (AvgIpc) is 2.63. The minimum Gasteiger partial charge on any atom is -0.469 e. The molecule has 3 nitrogen and oxygen atoms in total. The molecule has 0 saturated carbocycles. The van der Waals surface area contributed by atoms with Crippen molar-refractivity contribution >= 4 is 29.1 Å².